The highest BCUT2D eigenvalue weighted by molar-refractivity contribution is 5.78. The number of hydrogen-bond donors (Lipinski definition) is 1. The van der Waals surface area contributed by atoms with E-state index in [0.717, 1.165) is 0 Å². The maximum absolute atomic E-state index is 11.9. The molecule has 5 heteroatoms. The Bertz CT molecular complexity index is 252. The van der Waals surface area contributed by atoms with Crippen LogP contribution in [0.15, 0.2) is 0 Å². The van der Waals surface area contributed by atoms with Crippen LogP contribution in [0, 0.1) is 5.92 Å². The first-order valence-electron chi connectivity index (χ1n) is 6.19. The van der Waals surface area contributed by atoms with Gasteiger partial charge in [-0.3, -0.25) is 14.5 Å². The van der Waals surface area contributed by atoms with E-state index in [1.54, 1.807) is 11.8 Å². The summed E-state index contributed by atoms with van der Waals surface area (Å²) in [5, 5.41) is 8.84. The second-order valence-corrected chi connectivity index (χ2v) is 4.13. The molecule has 0 radical (unpaired) electrons. The fourth-order valence-electron chi connectivity index (χ4n) is 1.64. The smallest absolute Gasteiger partial charge is 0.307 e. The molecule has 0 aromatic carbocycles. The van der Waals surface area contributed by atoms with E-state index in [1.807, 2.05) is 25.7 Å². The van der Waals surface area contributed by atoms with E-state index in [4.69, 9.17) is 5.11 Å². The van der Waals surface area contributed by atoms with E-state index in [-0.39, 0.29) is 5.91 Å². The maximum Gasteiger partial charge on any atom is 0.307 e. The second kappa shape index (κ2) is 8.06. The van der Waals surface area contributed by atoms with Crippen molar-refractivity contribution in [3.8, 4) is 0 Å². The molecule has 0 rings (SSSR count). The number of amides is 1. The first-order chi connectivity index (χ1) is 7.96. The van der Waals surface area contributed by atoms with E-state index in [1.165, 1.54) is 0 Å². The van der Waals surface area contributed by atoms with Crippen LogP contribution in [-0.4, -0.2) is 59.5 Å². The zero-order valence-corrected chi connectivity index (χ0v) is 11.3. The van der Waals surface area contributed by atoms with Crippen molar-refractivity contribution >= 4 is 11.9 Å². The van der Waals surface area contributed by atoms with Crippen molar-refractivity contribution in [1.29, 1.82) is 0 Å². The van der Waals surface area contributed by atoms with E-state index in [0.29, 0.717) is 32.7 Å². The first kappa shape index (κ1) is 15.9. The Balaban J connectivity index is 4.30. The molecular weight excluding hydrogens is 220 g/mol. The molecule has 0 fully saturated rings. The van der Waals surface area contributed by atoms with Crippen LogP contribution in [-0.2, 0) is 9.59 Å². The van der Waals surface area contributed by atoms with Gasteiger partial charge >= 0.3 is 5.97 Å². The molecule has 5 nitrogen and oxygen atoms in total. The van der Waals surface area contributed by atoms with Crippen LogP contribution in [0.1, 0.15) is 27.7 Å². The molecule has 1 amide bonds. The molecule has 0 aromatic heterocycles. The number of carbonyl (C=O) groups excluding carboxylic acids is 1. The number of aliphatic carboxylic acids is 1. The van der Waals surface area contributed by atoms with Gasteiger partial charge in [0.2, 0.25) is 5.91 Å². The highest BCUT2D eigenvalue weighted by Crippen LogP contribution is 2.01. The Labute approximate surface area is 103 Å². The highest BCUT2D eigenvalue weighted by Gasteiger charge is 2.18. The molecule has 0 aliphatic heterocycles. The topological polar surface area (TPSA) is 60.9 Å². The highest BCUT2D eigenvalue weighted by atomic mass is 16.4. The van der Waals surface area contributed by atoms with Crippen molar-refractivity contribution < 1.29 is 14.7 Å². The summed E-state index contributed by atoms with van der Waals surface area (Å²) in [7, 11) is 0. The minimum atomic E-state index is -0.821. The number of likely N-dealkylation sites (N-methyl/N-ethyl adjacent to an activating group) is 2. The monoisotopic (exact) mass is 244 g/mol. The van der Waals surface area contributed by atoms with Gasteiger partial charge in [-0.2, -0.15) is 0 Å². The normalized spacial score (nSPS) is 12.5. The third-order valence-electron chi connectivity index (χ3n) is 2.88. The summed E-state index contributed by atoms with van der Waals surface area (Å²) in [5.41, 5.74) is 0. The van der Waals surface area contributed by atoms with Crippen LogP contribution in [0.3, 0.4) is 0 Å². The minimum absolute atomic E-state index is 0.0643. The van der Waals surface area contributed by atoms with Gasteiger partial charge in [0, 0.05) is 19.6 Å². The fraction of sp³-hybridized carbons (Fsp3) is 0.833. The summed E-state index contributed by atoms with van der Waals surface area (Å²) in [6.07, 6.45) is 0. The number of carboxylic acids is 1. The molecule has 100 valence electrons. The zero-order valence-electron chi connectivity index (χ0n) is 11.3. The van der Waals surface area contributed by atoms with Crippen LogP contribution in [0.25, 0.3) is 0 Å². The Morgan fingerprint density at radius 1 is 1.12 bits per heavy atom. The molecule has 0 aromatic rings. The Morgan fingerprint density at radius 3 is 2.00 bits per heavy atom. The molecule has 1 N–H and O–H groups in total. The third-order valence-corrected chi connectivity index (χ3v) is 2.88. The van der Waals surface area contributed by atoms with E-state index in [9.17, 15) is 9.59 Å². The van der Waals surface area contributed by atoms with Gasteiger partial charge in [-0.05, 0) is 20.4 Å². The molecule has 1 unspecified atom stereocenters. The van der Waals surface area contributed by atoms with Crippen molar-refractivity contribution in [1.82, 2.24) is 9.80 Å². The number of hydrogen-bond acceptors (Lipinski definition) is 3. The number of rotatable bonds is 8. The molecule has 0 aliphatic carbocycles. The second-order valence-electron chi connectivity index (χ2n) is 4.13. The van der Waals surface area contributed by atoms with E-state index >= 15 is 0 Å². The predicted octanol–water partition coefficient (Wildman–Crippen LogP) is 0.897. The van der Waals surface area contributed by atoms with Crippen LogP contribution < -0.4 is 0 Å². The summed E-state index contributed by atoms with van der Waals surface area (Å²) >= 11 is 0. The molecule has 0 spiro atoms. The molecule has 0 saturated carbocycles. The van der Waals surface area contributed by atoms with Gasteiger partial charge < -0.3 is 10.0 Å². The molecule has 1 atom stereocenters. The first-order valence-corrected chi connectivity index (χ1v) is 6.19. The van der Waals surface area contributed by atoms with Gasteiger partial charge in [-0.15, -0.1) is 0 Å². The molecule has 0 aliphatic rings. The van der Waals surface area contributed by atoms with Crippen LogP contribution in [0.4, 0.5) is 0 Å². The maximum atomic E-state index is 11.9. The fourth-order valence-corrected chi connectivity index (χ4v) is 1.64. The lowest BCUT2D eigenvalue weighted by atomic mass is 10.1. The minimum Gasteiger partial charge on any atom is -0.481 e. The molecule has 0 heterocycles. The number of carbonyl (C=O) groups is 2. The predicted molar refractivity (Wildman–Crippen MR) is 66.8 cm³/mol. The van der Waals surface area contributed by atoms with Gasteiger partial charge in [-0.1, -0.05) is 13.8 Å². The SMILES string of the molecule is CCN(CC(=O)N(CC)CC)CC(C)C(=O)O. The molecule has 17 heavy (non-hydrogen) atoms. The molecule has 0 bridgehead atoms. The van der Waals surface area contributed by atoms with Crippen LogP contribution >= 0.6 is 0 Å². The average Bonchev–Trinajstić information content (AvgIpc) is 2.29. The van der Waals surface area contributed by atoms with Gasteiger partial charge in [0.25, 0.3) is 0 Å². The number of carboxylic acid groups (broad SMARTS) is 1. The standard InChI is InChI=1S/C12H24N2O3/c1-5-13(8-10(4)12(16)17)9-11(15)14(6-2)7-3/h10H,5-9H2,1-4H3,(H,16,17). The lowest BCUT2D eigenvalue weighted by molar-refractivity contribution is -0.142. The van der Waals surface area contributed by atoms with Gasteiger partial charge in [0.15, 0.2) is 0 Å². The Morgan fingerprint density at radius 2 is 1.65 bits per heavy atom. The van der Waals surface area contributed by atoms with Crippen molar-refractivity contribution in [2.45, 2.75) is 27.7 Å². The lowest BCUT2D eigenvalue weighted by Gasteiger charge is -2.26. The lowest BCUT2D eigenvalue weighted by Crippen LogP contribution is -2.42. The van der Waals surface area contributed by atoms with Gasteiger partial charge in [0.1, 0.15) is 0 Å². The van der Waals surface area contributed by atoms with Gasteiger partial charge in [0.05, 0.1) is 12.5 Å². The third kappa shape index (κ3) is 5.68. The summed E-state index contributed by atoms with van der Waals surface area (Å²) in [6, 6.07) is 0. The Hall–Kier alpha value is -1.10. The summed E-state index contributed by atoms with van der Waals surface area (Å²) < 4.78 is 0. The van der Waals surface area contributed by atoms with Crippen LogP contribution in [0.2, 0.25) is 0 Å². The quantitative estimate of drug-likeness (QED) is 0.689. The Kier molecular flexibility index (Phi) is 7.54. The van der Waals surface area contributed by atoms with Crippen LogP contribution in [0.5, 0.6) is 0 Å². The zero-order chi connectivity index (χ0) is 13.4. The van der Waals surface area contributed by atoms with Crippen molar-refractivity contribution in [2.24, 2.45) is 5.92 Å². The summed E-state index contributed by atoms with van der Waals surface area (Å²) in [5.74, 6) is -1.20. The largest absolute Gasteiger partial charge is 0.481 e. The summed E-state index contributed by atoms with van der Waals surface area (Å²) in [4.78, 5) is 26.3. The molecule has 0 saturated heterocycles. The number of nitrogens with zero attached hydrogens (tertiary/aromatic N) is 2. The molecular formula is C12H24N2O3. The van der Waals surface area contributed by atoms with Gasteiger partial charge in [-0.25, -0.2) is 0 Å². The van der Waals surface area contributed by atoms with E-state index < -0.39 is 11.9 Å². The van der Waals surface area contributed by atoms with E-state index in [2.05, 4.69) is 0 Å². The van der Waals surface area contributed by atoms with Crippen molar-refractivity contribution in [3.05, 3.63) is 0 Å². The average molecular weight is 244 g/mol. The van der Waals surface area contributed by atoms with Crippen molar-refractivity contribution in [3.63, 3.8) is 0 Å². The summed E-state index contributed by atoms with van der Waals surface area (Å²) in [6.45, 7) is 10.3. The van der Waals surface area contributed by atoms with Crippen molar-refractivity contribution in [2.75, 3.05) is 32.7 Å².